The average molecular weight is 762 g/mol. The molecule has 2 aliphatic heterocycles. The van der Waals surface area contributed by atoms with Gasteiger partial charge in [0.25, 0.3) is 5.56 Å². The number of fused-ring (bicyclic) bond motifs is 2. The van der Waals surface area contributed by atoms with Crippen molar-refractivity contribution < 1.29 is 22.7 Å². The molecule has 0 unspecified atom stereocenters. The van der Waals surface area contributed by atoms with E-state index in [2.05, 4.69) is 30.8 Å². The number of hydrogen-bond donors (Lipinski definition) is 3. The van der Waals surface area contributed by atoms with Crippen LogP contribution in [0.25, 0.3) is 33.4 Å². The van der Waals surface area contributed by atoms with Crippen LogP contribution in [0, 0.1) is 6.92 Å². The summed E-state index contributed by atoms with van der Waals surface area (Å²) in [6.45, 7) is 3.94. The second-order valence-corrected chi connectivity index (χ2v) is 14.4. The summed E-state index contributed by atoms with van der Waals surface area (Å²) in [4.78, 5) is 52.3. The number of pyridine rings is 1. The zero-order valence-corrected chi connectivity index (χ0v) is 30.4. The van der Waals surface area contributed by atoms with Crippen LogP contribution in [0.15, 0.2) is 52.1 Å². The van der Waals surface area contributed by atoms with Crippen LogP contribution < -0.4 is 31.9 Å². The van der Waals surface area contributed by atoms with Gasteiger partial charge in [-0.3, -0.25) is 18.8 Å². The normalized spacial score (nSPS) is 19.7. The lowest BCUT2D eigenvalue weighted by atomic mass is 9.96. The largest absolute Gasteiger partial charge is 0.481 e. The Morgan fingerprint density at radius 3 is 2.48 bits per heavy atom. The maximum atomic E-state index is 13.9. The van der Waals surface area contributed by atoms with Crippen molar-refractivity contribution in [2.75, 3.05) is 32.1 Å². The minimum atomic E-state index is -4.95. The molecular weight excluding hydrogens is 727 g/mol. The van der Waals surface area contributed by atoms with E-state index in [-0.39, 0.29) is 23.0 Å². The number of anilines is 2. The molecule has 0 saturated carbocycles. The Kier molecular flexibility index (Phi) is 8.45. The second-order valence-electron chi connectivity index (χ2n) is 14.0. The van der Waals surface area contributed by atoms with E-state index in [9.17, 15) is 27.6 Å². The number of aryl methyl sites for hydroxylation is 2. The van der Waals surface area contributed by atoms with Gasteiger partial charge >= 0.3 is 17.9 Å². The lowest BCUT2D eigenvalue weighted by Crippen LogP contribution is -2.46. The maximum absolute atomic E-state index is 13.9. The Morgan fingerprint density at radius 2 is 1.76 bits per heavy atom. The van der Waals surface area contributed by atoms with Gasteiger partial charge in [-0.1, -0.05) is 41.9 Å². The van der Waals surface area contributed by atoms with Gasteiger partial charge in [0, 0.05) is 62.1 Å². The summed E-state index contributed by atoms with van der Waals surface area (Å²) >= 11 is 7.17. The number of amides is 2. The molecule has 1 aliphatic carbocycles. The number of carbonyl (C=O) groups is 1. The van der Waals surface area contributed by atoms with Gasteiger partial charge in [0.05, 0.1) is 23.4 Å². The van der Waals surface area contributed by atoms with Crippen LogP contribution in [0.1, 0.15) is 41.4 Å². The smallest absolute Gasteiger partial charge is 0.451 e. The van der Waals surface area contributed by atoms with E-state index in [1.807, 2.05) is 30.3 Å². The van der Waals surface area contributed by atoms with E-state index in [0.29, 0.717) is 51.1 Å². The number of methoxy groups -OCH3 is 1. The first-order chi connectivity index (χ1) is 25.7. The zero-order valence-electron chi connectivity index (χ0n) is 29.7. The van der Waals surface area contributed by atoms with Gasteiger partial charge in [-0.25, -0.2) is 24.5 Å². The summed E-state index contributed by atoms with van der Waals surface area (Å²) in [6, 6.07) is 12.8. The molecule has 1 spiro atoms. The number of alkyl halides is 3. The van der Waals surface area contributed by atoms with E-state index in [1.165, 1.54) is 14.1 Å². The predicted molar refractivity (Wildman–Crippen MR) is 196 cm³/mol. The average Bonchev–Trinajstić information content (AvgIpc) is 3.87. The number of nitrogens with zero attached hydrogens (tertiary/aromatic N) is 6. The minimum absolute atomic E-state index is 0.0948. The molecule has 3 aliphatic rings. The Balaban J connectivity index is 1.15. The molecule has 2 saturated heterocycles. The van der Waals surface area contributed by atoms with Crippen LogP contribution in [0.5, 0.6) is 5.88 Å². The predicted octanol–water partition coefficient (Wildman–Crippen LogP) is 5.23. The third-order valence-electron chi connectivity index (χ3n) is 10.8. The van der Waals surface area contributed by atoms with Crippen molar-refractivity contribution in [2.45, 2.75) is 43.9 Å². The standard InChI is InChI=1S/C37H35ClF3N9O4/c1-18-20(7-6-10-23(18)43-29-27-30(46-33(45-29)37(39,40)41)48(2)35(53)49(3)32(27)51)21-8-5-9-22(28(21)38)24-15-19-11-12-25(26(19)31(44-24)54-4)50-14-13-36(17-50)16-42-34(52)47-36/h5-10,15,25H,11-14,16-17H2,1-4H3,(H2,42,47,52)(H,43,45,46)/t25-,36+/m0/s1. The first kappa shape index (κ1) is 35.5. The van der Waals surface area contributed by atoms with Gasteiger partial charge in [0.1, 0.15) is 11.2 Å². The SMILES string of the molecule is COc1nc(-c2cccc(-c3cccc(Nc4nc(C(F)(F)F)nc5c4c(=O)n(C)c(=O)n5C)c3C)c2Cl)cc2c1[C@@H](N1CC[C@@]3(CNC(=O)N3)C1)CC2. The molecule has 3 N–H and O–H groups in total. The highest BCUT2D eigenvalue weighted by atomic mass is 35.5. The van der Waals surface area contributed by atoms with Gasteiger partial charge in [0.2, 0.25) is 11.7 Å². The van der Waals surface area contributed by atoms with Gasteiger partial charge in [-0.15, -0.1) is 0 Å². The third kappa shape index (κ3) is 5.75. The topological polar surface area (TPSA) is 148 Å². The van der Waals surface area contributed by atoms with Gasteiger partial charge < -0.3 is 20.7 Å². The van der Waals surface area contributed by atoms with E-state index < -0.39 is 34.7 Å². The van der Waals surface area contributed by atoms with E-state index in [4.69, 9.17) is 21.3 Å². The molecule has 3 aromatic heterocycles. The van der Waals surface area contributed by atoms with Crippen molar-refractivity contribution in [2.24, 2.45) is 14.1 Å². The van der Waals surface area contributed by atoms with Crippen molar-refractivity contribution in [3.8, 4) is 28.3 Å². The zero-order chi connectivity index (χ0) is 38.3. The summed E-state index contributed by atoms with van der Waals surface area (Å²) in [5, 5.41) is 9.06. The lowest BCUT2D eigenvalue weighted by molar-refractivity contribution is -0.144. The number of carbonyl (C=O) groups excluding carboxylic acids is 1. The number of benzene rings is 2. The number of aromatic nitrogens is 5. The Bertz CT molecular complexity index is 2520. The van der Waals surface area contributed by atoms with Crippen LogP contribution in [0.3, 0.4) is 0 Å². The Hall–Kier alpha value is -5.48. The van der Waals surface area contributed by atoms with Crippen molar-refractivity contribution in [3.05, 3.63) is 90.8 Å². The molecule has 2 amide bonds. The molecular formula is C37H35ClF3N9O4. The van der Waals surface area contributed by atoms with Crippen molar-refractivity contribution in [1.82, 2.24) is 39.6 Å². The van der Waals surface area contributed by atoms with Crippen LogP contribution in [0.4, 0.5) is 29.5 Å². The highest BCUT2D eigenvalue weighted by Crippen LogP contribution is 2.46. The number of nitrogens with one attached hydrogen (secondary N) is 3. The van der Waals surface area contributed by atoms with Crippen LogP contribution in [-0.2, 0) is 26.7 Å². The van der Waals surface area contributed by atoms with Gasteiger partial charge in [-0.2, -0.15) is 13.2 Å². The van der Waals surface area contributed by atoms with Crippen molar-refractivity contribution in [3.63, 3.8) is 0 Å². The highest BCUT2D eigenvalue weighted by molar-refractivity contribution is 6.36. The highest BCUT2D eigenvalue weighted by Gasteiger charge is 2.47. The third-order valence-corrected chi connectivity index (χ3v) is 11.2. The molecule has 17 heteroatoms. The lowest BCUT2D eigenvalue weighted by Gasteiger charge is -2.28. The van der Waals surface area contributed by atoms with Crippen molar-refractivity contribution >= 4 is 40.2 Å². The summed E-state index contributed by atoms with van der Waals surface area (Å²) in [7, 11) is 4.07. The number of likely N-dealkylation sites (tertiary alicyclic amines) is 1. The van der Waals surface area contributed by atoms with E-state index >= 15 is 0 Å². The Labute approximate surface area is 311 Å². The van der Waals surface area contributed by atoms with Crippen LogP contribution in [-0.4, -0.2) is 67.3 Å². The molecule has 2 fully saturated rings. The van der Waals surface area contributed by atoms with E-state index in [0.717, 1.165) is 52.6 Å². The van der Waals surface area contributed by atoms with Crippen LogP contribution in [0.2, 0.25) is 5.02 Å². The number of urea groups is 1. The number of halogens is 4. The molecule has 0 bridgehead atoms. The van der Waals surface area contributed by atoms with E-state index in [1.54, 1.807) is 26.2 Å². The van der Waals surface area contributed by atoms with Crippen molar-refractivity contribution in [1.29, 1.82) is 0 Å². The minimum Gasteiger partial charge on any atom is -0.481 e. The second kappa shape index (κ2) is 12.8. The molecule has 2 atom stereocenters. The summed E-state index contributed by atoms with van der Waals surface area (Å²) in [5.74, 6) is -1.38. The first-order valence-electron chi connectivity index (χ1n) is 17.3. The monoisotopic (exact) mass is 761 g/mol. The molecule has 5 heterocycles. The fourth-order valence-corrected chi connectivity index (χ4v) is 8.36. The van der Waals surface area contributed by atoms with Gasteiger partial charge in [0.15, 0.2) is 5.65 Å². The summed E-state index contributed by atoms with van der Waals surface area (Å²) in [6.07, 6.45) is -2.40. The molecule has 8 rings (SSSR count). The van der Waals surface area contributed by atoms with Gasteiger partial charge in [-0.05, 0) is 55.0 Å². The molecule has 280 valence electrons. The Morgan fingerprint density at radius 1 is 1.02 bits per heavy atom. The number of ether oxygens (including phenoxy) is 1. The molecule has 2 aromatic carbocycles. The summed E-state index contributed by atoms with van der Waals surface area (Å²) < 4.78 is 49.4. The fourth-order valence-electron chi connectivity index (χ4n) is 8.04. The molecule has 5 aromatic rings. The maximum Gasteiger partial charge on any atom is 0.451 e. The first-order valence-corrected chi connectivity index (χ1v) is 17.7. The summed E-state index contributed by atoms with van der Waals surface area (Å²) in [5.41, 5.74) is 3.33. The molecule has 0 radical (unpaired) electrons. The number of hydrogen-bond acceptors (Lipinski definition) is 9. The van der Waals surface area contributed by atoms with Crippen LogP contribution >= 0.6 is 11.6 Å². The fraction of sp³-hybridized carbons (Fsp3) is 0.351. The molecule has 54 heavy (non-hydrogen) atoms. The number of rotatable bonds is 6. The molecule has 13 nitrogen and oxygen atoms in total. The quantitative estimate of drug-likeness (QED) is 0.212.